The molecule has 0 radical (unpaired) electrons. The van der Waals surface area contributed by atoms with Crippen molar-refractivity contribution in [3.63, 3.8) is 0 Å². The number of carbonyl (C=O) groups excluding carboxylic acids is 1. The molecule has 1 aliphatic carbocycles. The molecule has 1 amide bonds. The summed E-state index contributed by atoms with van der Waals surface area (Å²) in [5.41, 5.74) is 1.40. The molecule has 4 rings (SSSR count). The van der Waals surface area contributed by atoms with Crippen LogP contribution in [0.15, 0.2) is 30.3 Å². The number of likely N-dealkylation sites (tertiary alicyclic amines) is 2. The Bertz CT molecular complexity index is 554. The topological polar surface area (TPSA) is 23.6 Å². The van der Waals surface area contributed by atoms with Gasteiger partial charge in [-0.3, -0.25) is 4.79 Å². The van der Waals surface area contributed by atoms with Gasteiger partial charge in [0.25, 0.3) is 0 Å². The van der Waals surface area contributed by atoms with Crippen LogP contribution in [0.1, 0.15) is 50.5 Å². The number of nitrogens with zero attached hydrogens (tertiary/aromatic N) is 2. The summed E-state index contributed by atoms with van der Waals surface area (Å²) in [5, 5.41) is 0. The number of benzene rings is 1. The van der Waals surface area contributed by atoms with Gasteiger partial charge in [0.1, 0.15) is 0 Å². The minimum Gasteiger partial charge on any atom is -0.333 e. The zero-order valence-electron chi connectivity index (χ0n) is 14.0. The third kappa shape index (κ3) is 3.30. The van der Waals surface area contributed by atoms with Gasteiger partial charge in [0.15, 0.2) is 0 Å². The van der Waals surface area contributed by atoms with Gasteiger partial charge in [0, 0.05) is 31.6 Å². The Morgan fingerprint density at radius 2 is 1.87 bits per heavy atom. The van der Waals surface area contributed by atoms with Crippen molar-refractivity contribution in [2.24, 2.45) is 5.92 Å². The van der Waals surface area contributed by atoms with Crippen molar-refractivity contribution < 1.29 is 4.79 Å². The van der Waals surface area contributed by atoms with Gasteiger partial charge in [0.2, 0.25) is 5.91 Å². The largest absolute Gasteiger partial charge is 0.333 e. The molecule has 3 nitrogen and oxygen atoms in total. The lowest BCUT2D eigenvalue weighted by atomic mass is 9.87. The van der Waals surface area contributed by atoms with E-state index >= 15 is 0 Å². The van der Waals surface area contributed by atoms with Crippen LogP contribution in [0.4, 0.5) is 0 Å². The first-order valence-electron chi connectivity index (χ1n) is 9.32. The quantitative estimate of drug-likeness (QED) is 0.850. The molecule has 0 aromatic heterocycles. The van der Waals surface area contributed by atoms with Gasteiger partial charge >= 0.3 is 0 Å². The van der Waals surface area contributed by atoms with Crippen molar-refractivity contribution in [2.45, 2.75) is 57.0 Å². The standard InChI is InChI=1S/C20H28N2O/c23-19-9-11-20(22(19)16-17-5-2-1-3-6-17)10-4-13-21(14-12-20)15-18-7-8-18/h1-3,5-6,18H,4,7-16H2. The van der Waals surface area contributed by atoms with Crippen LogP contribution in [0.25, 0.3) is 0 Å². The summed E-state index contributed by atoms with van der Waals surface area (Å²) in [4.78, 5) is 17.4. The Morgan fingerprint density at radius 1 is 1.04 bits per heavy atom. The molecule has 2 heterocycles. The summed E-state index contributed by atoms with van der Waals surface area (Å²) in [6.07, 6.45) is 8.27. The van der Waals surface area contributed by atoms with Crippen molar-refractivity contribution in [1.29, 1.82) is 0 Å². The molecule has 1 unspecified atom stereocenters. The average molecular weight is 312 g/mol. The molecular formula is C20H28N2O. The highest BCUT2D eigenvalue weighted by Gasteiger charge is 2.45. The van der Waals surface area contributed by atoms with Crippen LogP contribution >= 0.6 is 0 Å². The van der Waals surface area contributed by atoms with E-state index in [0.29, 0.717) is 5.91 Å². The number of carbonyl (C=O) groups is 1. The monoisotopic (exact) mass is 312 g/mol. The fourth-order valence-corrected chi connectivity index (χ4v) is 4.50. The van der Waals surface area contributed by atoms with Crippen molar-refractivity contribution in [3.8, 4) is 0 Å². The van der Waals surface area contributed by atoms with Gasteiger partial charge in [-0.25, -0.2) is 0 Å². The van der Waals surface area contributed by atoms with Crippen LogP contribution in [-0.4, -0.2) is 40.9 Å². The van der Waals surface area contributed by atoms with Gasteiger partial charge < -0.3 is 9.80 Å². The fourth-order valence-electron chi connectivity index (χ4n) is 4.50. The zero-order valence-corrected chi connectivity index (χ0v) is 14.0. The van der Waals surface area contributed by atoms with Crippen molar-refractivity contribution in [3.05, 3.63) is 35.9 Å². The van der Waals surface area contributed by atoms with Crippen molar-refractivity contribution >= 4 is 5.91 Å². The maximum absolute atomic E-state index is 12.5. The minimum absolute atomic E-state index is 0.130. The predicted molar refractivity (Wildman–Crippen MR) is 92.0 cm³/mol. The number of hydrogen-bond acceptors (Lipinski definition) is 2. The van der Waals surface area contributed by atoms with Crippen LogP contribution in [0.2, 0.25) is 0 Å². The zero-order chi connectivity index (χ0) is 15.7. The Kier molecular flexibility index (Phi) is 4.14. The van der Waals surface area contributed by atoms with E-state index in [9.17, 15) is 4.79 Å². The number of amides is 1. The molecule has 0 N–H and O–H groups in total. The Hall–Kier alpha value is -1.35. The van der Waals surface area contributed by atoms with E-state index in [1.165, 1.54) is 50.9 Å². The van der Waals surface area contributed by atoms with Gasteiger partial charge in [0.05, 0.1) is 0 Å². The smallest absolute Gasteiger partial charge is 0.223 e. The van der Waals surface area contributed by atoms with E-state index in [4.69, 9.17) is 0 Å². The third-order valence-electron chi connectivity index (χ3n) is 6.08. The summed E-state index contributed by atoms with van der Waals surface area (Å²) in [5.74, 6) is 1.33. The van der Waals surface area contributed by atoms with Gasteiger partial charge in [-0.05, 0) is 56.6 Å². The first-order chi connectivity index (χ1) is 11.3. The van der Waals surface area contributed by atoms with E-state index in [1.807, 2.05) is 6.07 Å². The van der Waals surface area contributed by atoms with Crippen LogP contribution in [0, 0.1) is 5.92 Å². The molecule has 1 atom stereocenters. The molecule has 3 heteroatoms. The lowest BCUT2D eigenvalue weighted by molar-refractivity contribution is -0.132. The number of rotatable bonds is 4. The highest BCUT2D eigenvalue weighted by atomic mass is 16.2. The van der Waals surface area contributed by atoms with Crippen LogP contribution < -0.4 is 0 Å². The second kappa shape index (κ2) is 6.27. The molecule has 1 spiro atoms. The van der Waals surface area contributed by atoms with Crippen molar-refractivity contribution in [1.82, 2.24) is 9.80 Å². The Labute approximate surface area is 139 Å². The van der Waals surface area contributed by atoms with E-state index in [-0.39, 0.29) is 5.54 Å². The summed E-state index contributed by atoms with van der Waals surface area (Å²) in [6.45, 7) is 4.49. The van der Waals surface area contributed by atoms with Gasteiger partial charge in [-0.15, -0.1) is 0 Å². The molecule has 3 aliphatic rings. The van der Waals surface area contributed by atoms with Crippen LogP contribution in [0.3, 0.4) is 0 Å². The maximum atomic E-state index is 12.5. The second-order valence-electron chi connectivity index (χ2n) is 7.79. The van der Waals surface area contributed by atoms with Crippen LogP contribution in [0.5, 0.6) is 0 Å². The second-order valence-corrected chi connectivity index (χ2v) is 7.79. The summed E-state index contributed by atoms with van der Waals surface area (Å²) < 4.78 is 0. The van der Waals surface area contributed by atoms with Gasteiger partial charge in [-0.2, -0.15) is 0 Å². The molecule has 1 aromatic rings. The lowest BCUT2D eigenvalue weighted by Crippen LogP contribution is -2.46. The lowest BCUT2D eigenvalue weighted by Gasteiger charge is -2.38. The van der Waals surface area contributed by atoms with E-state index < -0.39 is 0 Å². The molecule has 23 heavy (non-hydrogen) atoms. The Balaban J connectivity index is 1.47. The summed E-state index contributed by atoms with van der Waals surface area (Å²) in [6, 6.07) is 10.5. The summed E-state index contributed by atoms with van der Waals surface area (Å²) >= 11 is 0. The predicted octanol–water partition coefficient (Wildman–Crippen LogP) is 3.44. The van der Waals surface area contributed by atoms with Gasteiger partial charge in [-0.1, -0.05) is 30.3 Å². The molecule has 1 aromatic carbocycles. The highest BCUT2D eigenvalue weighted by molar-refractivity contribution is 5.79. The molecule has 1 saturated carbocycles. The fraction of sp³-hybridized carbons (Fsp3) is 0.650. The Morgan fingerprint density at radius 3 is 2.65 bits per heavy atom. The first kappa shape index (κ1) is 15.2. The average Bonchev–Trinajstić information content (AvgIpc) is 3.36. The first-order valence-corrected chi connectivity index (χ1v) is 9.32. The number of hydrogen-bond donors (Lipinski definition) is 0. The molecule has 2 aliphatic heterocycles. The molecule has 2 saturated heterocycles. The normalized spacial score (nSPS) is 29.2. The van der Waals surface area contributed by atoms with Crippen molar-refractivity contribution in [2.75, 3.05) is 19.6 Å². The molecule has 124 valence electrons. The molecule has 0 bridgehead atoms. The van der Waals surface area contributed by atoms with E-state index in [1.54, 1.807) is 0 Å². The highest BCUT2D eigenvalue weighted by Crippen LogP contribution is 2.40. The van der Waals surface area contributed by atoms with Crippen LogP contribution in [-0.2, 0) is 11.3 Å². The third-order valence-corrected chi connectivity index (χ3v) is 6.08. The maximum Gasteiger partial charge on any atom is 0.223 e. The summed E-state index contributed by atoms with van der Waals surface area (Å²) in [7, 11) is 0. The van der Waals surface area contributed by atoms with E-state index in [0.717, 1.165) is 31.7 Å². The SMILES string of the molecule is O=C1CCC2(CCCN(CC3CC3)CC2)N1Cc1ccccc1. The minimum atomic E-state index is 0.130. The van der Waals surface area contributed by atoms with E-state index in [2.05, 4.69) is 34.1 Å². The molecule has 3 fully saturated rings. The molecular weight excluding hydrogens is 284 g/mol.